The molecule has 2 N–H and O–H groups in total. The molecule has 2 rings (SSSR count). The van der Waals surface area contributed by atoms with E-state index in [4.69, 9.17) is 5.73 Å². The molecule has 0 aliphatic carbocycles. The zero-order chi connectivity index (χ0) is 14.7. The lowest BCUT2D eigenvalue weighted by Crippen LogP contribution is -2.30. The zero-order valence-corrected chi connectivity index (χ0v) is 12.8. The highest BCUT2D eigenvalue weighted by molar-refractivity contribution is 7.17. The van der Waals surface area contributed by atoms with Crippen LogP contribution in [0.1, 0.15) is 33.4 Å². The molecule has 1 aromatic heterocycles. The molecule has 106 valence electrons. The molecule has 0 saturated carbocycles. The second kappa shape index (κ2) is 6.05. The first kappa shape index (κ1) is 14.5. The molecule has 0 aliphatic rings. The third-order valence-corrected chi connectivity index (χ3v) is 4.11. The van der Waals surface area contributed by atoms with Crippen LogP contribution in [-0.4, -0.2) is 22.3 Å². The number of nitrogens with zero attached hydrogens (tertiary/aromatic N) is 2. The van der Waals surface area contributed by atoms with Crippen molar-refractivity contribution in [2.45, 2.75) is 27.3 Å². The van der Waals surface area contributed by atoms with E-state index in [0.29, 0.717) is 28.8 Å². The molecule has 0 fully saturated rings. The molecule has 0 spiro atoms. The van der Waals surface area contributed by atoms with Crippen molar-refractivity contribution in [3.05, 3.63) is 46.0 Å². The standard InChI is InChI=1S/C15H19N3OS/c1-4-18(9-12-7-5-6-10(2)8-12)14(19)13-11(3)17-15(16)20-13/h5-8H,4,9H2,1-3H3,(H2,16,17). The third-order valence-electron chi connectivity index (χ3n) is 3.13. The fraction of sp³-hybridized carbons (Fsp3) is 0.333. The lowest BCUT2D eigenvalue weighted by molar-refractivity contribution is 0.0756. The molecule has 0 radical (unpaired) electrons. The molecule has 1 aromatic carbocycles. The van der Waals surface area contributed by atoms with Gasteiger partial charge in [-0.2, -0.15) is 0 Å². The van der Waals surface area contributed by atoms with Gasteiger partial charge in [-0.25, -0.2) is 4.98 Å². The van der Waals surface area contributed by atoms with Gasteiger partial charge >= 0.3 is 0 Å². The minimum Gasteiger partial charge on any atom is -0.375 e. The van der Waals surface area contributed by atoms with Crippen molar-refractivity contribution in [2.75, 3.05) is 12.3 Å². The van der Waals surface area contributed by atoms with Crippen molar-refractivity contribution in [3.63, 3.8) is 0 Å². The van der Waals surface area contributed by atoms with Gasteiger partial charge in [0, 0.05) is 13.1 Å². The van der Waals surface area contributed by atoms with Gasteiger partial charge in [0.05, 0.1) is 5.69 Å². The summed E-state index contributed by atoms with van der Waals surface area (Å²) in [4.78, 5) is 19.1. The van der Waals surface area contributed by atoms with Gasteiger partial charge in [0.1, 0.15) is 4.88 Å². The number of hydrogen-bond acceptors (Lipinski definition) is 4. The molecule has 0 aliphatic heterocycles. The van der Waals surface area contributed by atoms with Crippen LogP contribution in [0.3, 0.4) is 0 Å². The van der Waals surface area contributed by atoms with Crippen LogP contribution in [-0.2, 0) is 6.54 Å². The van der Waals surface area contributed by atoms with Crippen LogP contribution >= 0.6 is 11.3 Å². The smallest absolute Gasteiger partial charge is 0.266 e. The number of aryl methyl sites for hydroxylation is 2. The van der Waals surface area contributed by atoms with Crippen LogP contribution < -0.4 is 5.73 Å². The maximum absolute atomic E-state index is 12.5. The second-order valence-electron chi connectivity index (χ2n) is 4.78. The Labute approximate surface area is 123 Å². The monoisotopic (exact) mass is 289 g/mol. The van der Waals surface area contributed by atoms with Gasteiger partial charge in [-0.05, 0) is 26.3 Å². The van der Waals surface area contributed by atoms with E-state index in [2.05, 4.69) is 24.0 Å². The lowest BCUT2D eigenvalue weighted by atomic mass is 10.1. The molecule has 0 unspecified atom stereocenters. The number of benzene rings is 1. The van der Waals surface area contributed by atoms with Gasteiger partial charge in [0.15, 0.2) is 5.13 Å². The SMILES string of the molecule is CCN(Cc1cccc(C)c1)C(=O)c1sc(N)nc1C. The number of anilines is 1. The predicted octanol–water partition coefficient (Wildman–Crippen LogP) is 3.00. The first-order valence-corrected chi connectivity index (χ1v) is 7.40. The van der Waals surface area contributed by atoms with E-state index in [1.54, 1.807) is 0 Å². The van der Waals surface area contributed by atoms with E-state index in [1.807, 2.05) is 30.9 Å². The van der Waals surface area contributed by atoms with Crippen molar-refractivity contribution >= 4 is 22.4 Å². The van der Waals surface area contributed by atoms with E-state index >= 15 is 0 Å². The Morgan fingerprint density at radius 3 is 2.70 bits per heavy atom. The quantitative estimate of drug-likeness (QED) is 0.941. The Hall–Kier alpha value is -1.88. The summed E-state index contributed by atoms with van der Waals surface area (Å²) in [5.41, 5.74) is 8.71. The first-order valence-electron chi connectivity index (χ1n) is 6.59. The highest BCUT2D eigenvalue weighted by Gasteiger charge is 2.20. The summed E-state index contributed by atoms with van der Waals surface area (Å²) in [7, 11) is 0. The van der Waals surface area contributed by atoms with Gasteiger partial charge in [0.2, 0.25) is 0 Å². The maximum atomic E-state index is 12.5. The Balaban J connectivity index is 2.20. The number of amides is 1. The largest absolute Gasteiger partial charge is 0.375 e. The van der Waals surface area contributed by atoms with E-state index in [-0.39, 0.29) is 5.91 Å². The number of nitrogens with two attached hydrogens (primary N) is 1. The average Bonchev–Trinajstić information content (AvgIpc) is 2.74. The van der Waals surface area contributed by atoms with Crippen molar-refractivity contribution in [2.24, 2.45) is 0 Å². The summed E-state index contributed by atoms with van der Waals surface area (Å²) in [6.45, 7) is 7.11. The Morgan fingerprint density at radius 2 is 2.15 bits per heavy atom. The van der Waals surface area contributed by atoms with E-state index in [0.717, 1.165) is 5.56 Å². The number of nitrogen functional groups attached to an aromatic ring is 1. The van der Waals surface area contributed by atoms with Crippen molar-refractivity contribution in [3.8, 4) is 0 Å². The number of rotatable bonds is 4. The van der Waals surface area contributed by atoms with Gasteiger partial charge in [-0.15, -0.1) is 0 Å². The fourth-order valence-electron chi connectivity index (χ4n) is 2.12. The number of carbonyl (C=O) groups excluding carboxylic acids is 1. The van der Waals surface area contributed by atoms with E-state index in [9.17, 15) is 4.79 Å². The molecular formula is C15H19N3OS. The summed E-state index contributed by atoms with van der Waals surface area (Å²) in [6, 6.07) is 8.20. The summed E-state index contributed by atoms with van der Waals surface area (Å²) >= 11 is 1.26. The maximum Gasteiger partial charge on any atom is 0.266 e. The summed E-state index contributed by atoms with van der Waals surface area (Å²) in [6.07, 6.45) is 0. The molecule has 0 bridgehead atoms. The Kier molecular flexibility index (Phi) is 4.39. The van der Waals surface area contributed by atoms with Crippen LogP contribution in [0.5, 0.6) is 0 Å². The number of aromatic nitrogens is 1. The van der Waals surface area contributed by atoms with E-state index < -0.39 is 0 Å². The average molecular weight is 289 g/mol. The molecule has 0 atom stereocenters. The van der Waals surface area contributed by atoms with Crippen molar-refractivity contribution in [1.29, 1.82) is 0 Å². The van der Waals surface area contributed by atoms with Crippen molar-refractivity contribution in [1.82, 2.24) is 9.88 Å². The predicted molar refractivity (Wildman–Crippen MR) is 82.9 cm³/mol. The Morgan fingerprint density at radius 1 is 1.40 bits per heavy atom. The molecule has 2 aromatic rings. The normalized spacial score (nSPS) is 10.6. The summed E-state index contributed by atoms with van der Waals surface area (Å²) < 4.78 is 0. The van der Waals surface area contributed by atoms with Crippen LogP contribution in [0.15, 0.2) is 24.3 Å². The number of hydrogen-bond donors (Lipinski definition) is 1. The Bertz CT molecular complexity index is 621. The van der Waals surface area contributed by atoms with Gasteiger partial charge in [-0.3, -0.25) is 4.79 Å². The van der Waals surface area contributed by atoms with Crippen LogP contribution in [0.2, 0.25) is 0 Å². The lowest BCUT2D eigenvalue weighted by Gasteiger charge is -2.20. The van der Waals surface area contributed by atoms with Crippen LogP contribution in [0.25, 0.3) is 0 Å². The first-order chi connectivity index (χ1) is 9.51. The molecule has 4 nitrogen and oxygen atoms in total. The van der Waals surface area contributed by atoms with E-state index in [1.165, 1.54) is 16.9 Å². The molecule has 1 amide bonds. The minimum absolute atomic E-state index is 0.000654. The molecule has 5 heteroatoms. The van der Waals surface area contributed by atoms with Crippen LogP contribution in [0, 0.1) is 13.8 Å². The summed E-state index contributed by atoms with van der Waals surface area (Å²) in [5.74, 6) is 0.000654. The minimum atomic E-state index is 0.000654. The van der Waals surface area contributed by atoms with Gasteiger partial charge in [-0.1, -0.05) is 41.2 Å². The van der Waals surface area contributed by atoms with Crippen molar-refractivity contribution < 1.29 is 4.79 Å². The molecule has 1 heterocycles. The van der Waals surface area contributed by atoms with Crippen LogP contribution in [0.4, 0.5) is 5.13 Å². The number of thiazole rings is 1. The van der Waals surface area contributed by atoms with Gasteiger partial charge < -0.3 is 10.6 Å². The molecular weight excluding hydrogens is 270 g/mol. The molecule has 0 saturated heterocycles. The van der Waals surface area contributed by atoms with Gasteiger partial charge in [0.25, 0.3) is 5.91 Å². The topological polar surface area (TPSA) is 59.2 Å². The second-order valence-corrected chi connectivity index (χ2v) is 5.81. The third kappa shape index (κ3) is 3.17. The zero-order valence-electron chi connectivity index (χ0n) is 12.0. The highest BCUT2D eigenvalue weighted by Crippen LogP contribution is 2.22. The highest BCUT2D eigenvalue weighted by atomic mass is 32.1. The number of carbonyl (C=O) groups is 1. The fourth-order valence-corrected chi connectivity index (χ4v) is 2.92. The summed E-state index contributed by atoms with van der Waals surface area (Å²) in [5, 5.41) is 0.442. The molecule has 20 heavy (non-hydrogen) atoms.